The molecule has 0 unspecified atom stereocenters. The molecule has 184 valence electrons. The van der Waals surface area contributed by atoms with Crippen molar-refractivity contribution in [2.24, 2.45) is 0 Å². The van der Waals surface area contributed by atoms with Crippen molar-refractivity contribution in [3.63, 3.8) is 0 Å². The van der Waals surface area contributed by atoms with Gasteiger partial charge in [-0.2, -0.15) is 0 Å². The van der Waals surface area contributed by atoms with Crippen LogP contribution < -0.4 is 20.3 Å². The van der Waals surface area contributed by atoms with Crippen molar-refractivity contribution in [1.82, 2.24) is 5.32 Å². The highest BCUT2D eigenvalue weighted by atomic mass is 32.1. The molecule has 0 saturated heterocycles. The number of amides is 3. The van der Waals surface area contributed by atoms with Crippen LogP contribution in [0.5, 0.6) is 5.75 Å². The highest BCUT2D eigenvalue weighted by molar-refractivity contribution is 7.15. The van der Waals surface area contributed by atoms with Gasteiger partial charge in [0, 0.05) is 29.7 Å². The Morgan fingerprint density at radius 2 is 1.71 bits per heavy atom. The Bertz CT molecular complexity index is 1160. The molecule has 0 radical (unpaired) electrons. The second-order valence-corrected chi connectivity index (χ2v) is 8.81. The maximum Gasteiger partial charge on any atom is 0.341 e. The number of thiophene rings is 1. The SMILES string of the molecule is CCOC(=O)c1c(-c2ccccc2)csc1NC(=O)COc1ccc(N(C)C(=O)NC(C)C)cc1. The Morgan fingerprint density at radius 3 is 2.34 bits per heavy atom. The van der Waals surface area contributed by atoms with E-state index < -0.39 is 11.9 Å². The number of carbonyl (C=O) groups excluding carboxylic acids is 3. The van der Waals surface area contributed by atoms with Crippen LogP contribution in [0.2, 0.25) is 0 Å². The van der Waals surface area contributed by atoms with E-state index in [0.717, 1.165) is 5.56 Å². The molecule has 0 bridgehead atoms. The number of esters is 1. The minimum Gasteiger partial charge on any atom is -0.484 e. The van der Waals surface area contributed by atoms with Crippen LogP contribution in [0.1, 0.15) is 31.1 Å². The first-order chi connectivity index (χ1) is 16.8. The van der Waals surface area contributed by atoms with Crippen LogP contribution in [0, 0.1) is 0 Å². The van der Waals surface area contributed by atoms with Gasteiger partial charge in [-0.25, -0.2) is 9.59 Å². The second-order valence-electron chi connectivity index (χ2n) is 7.93. The first kappa shape index (κ1) is 25.8. The van der Waals surface area contributed by atoms with E-state index >= 15 is 0 Å². The number of carbonyl (C=O) groups is 3. The van der Waals surface area contributed by atoms with Crippen molar-refractivity contribution in [3.8, 4) is 16.9 Å². The average molecular weight is 496 g/mol. The van der Waals surface area contributed by atoms with Gasteiger partial charge in [-0.05, 0) is 50.6 Å². The monoisotopic (exact) mass is 495 g/mol. The van der Waals surface area contributed by atoms with E-state index in [2.05, 4.69) is 10.6 Å². The standard InChI is InChI=1S/C26H29N3O5S/c1-5-33-25(31)23-21(18-9-7-6-8-10-18)16-35-24(23)28-22(30)15-34-20-13-11-19(12-14-20)29(4)26(32)27-17(2)3/h6-14,16-17H,5,15H2,1-4H3,(H,27,32)(H,28,30). The summed E-state index contributed by atoms with van der Waals surface area (Å²) >= 11 is 1.26. The number of rotatable bonds is 9. The molecule has 3 rings (SSSR count). The Balaban J connectivity index is 1.65. The zero-order valence-corrected chi connectivity index (χ0v) is 21.0. The van der Waals surface area contributed by atoms with Gasteiger partial charge in [0.05, 0.1) is 6.61 Å². The lowest BCUT2D eigenvalue weighted by molar-refractivity contribution is -0.118. The van der Waals surface area contributed by atoms with Crippen molar-refractivity contribution in [2.75, 3.05) is 30.5 Å². The van der Waals surface area contributed by atoms with Gasteiger partial charge in [0.25, 0.3) is 5.91 Å². The number of nitrogens with zero attached hydrogens (tertiary/aromatic N) is 1. The normalized spacial score (nSPS) is 10.5. The minimum absolute atomic E-state index is 0.0301. The molecule has 9 heteroatoms. The van der Waals surface area contributed by atoms with Crippen molar-refractivity contribution < 1.29 is 23.9 Å². The van der Waals surface area contributed by atoms with Crippen LogP contribution in [0.15, 0.2) is 60.0 Å². The average Bonchev–Trinajstić information content (AvgIpc) is 3.26. The molecule has 3 amide bonds. The summed E-state index contributed by atoms with van der Waals surface area (Å²) in [5.41, 5.74) is 2.57. The summed E-state index contributed by atoms with van der Waals surface area (Å²) in [5.74, 6) is -0.428. The third kappa shape index (κ3) is 6.83. The van der Waals surface area contributed by atoms with Gasteiger partial charge in [-0.15, -0.1) is 11.3 Å². The fourth-order valence-electron chi connectivity index (χ4n) is 3.22. The minimum atomic E-state index is -0.495. The van der Waals surface area contributed by atoms with E-state index in [0.29, 0.717) is 27.6 Å². The van der Waals surface area contributed by atoms with Gasteiger partial charge in [0.1, 0.15) is 16.3 Å². The quantitative estimate of drug-likeness (QED) is 0.400. The number of urea groups is 1. The molecular formula is C26H29N3O5S. The summed E-state index contributed by atoms with van der Waals surface area (Å²) in [6.07, 6.45) is 0. The molecule has 8 nitrogen and oxygen atoms in total. The highest BCUT2D eigenvalue weighted by Crippen LogP contribution is 2.36. The molecule has 1 heterocycles. The van der Waals surface area contributed by atoms with Gasteiger partial charge < -0.3 is 20.1 Å². The number of hydrogen-bond acceptors (Lipinski definition) is 6. The molecule has 0 fully saturated rings. The molecule has 0 saturated carbocycles. The first-order valence-electron chi connectivity index (χ1n) is 11.2. The van der Waals surface area contributed by atoms with Crippen molar-refractivity contribution >= 4 is 39.9 Å². The molecule has 0 aliphatic heterocycles. The summed E-state index contributed by atoms with van der Waals surface area (Å²) in [7, 11) is 1.67. The summed E-state index contributed by atoms with van der Waals surface area (Å²) < 4.78 is 10.8. The summed E-state index contributed by atoms with van der Waals surface area (Å²) in [5, 5.41) is 7.82. The molecular weight excluding hydrogens is 466 g/mol. The fourth-order valence-corrected chi connectivity index (χ4v) is 4.20. The van der Waals surface area contributed by atoms with Gasteiger partial charge in [0.15, 0.2) is 6.61 Å². The maximum atomic E-state index is 12.6. The number of hydrogen-bond donors (Lipinski definition) is 2. The van der Waals surface area contributed by atoms with Crippen LogP contribution in [-0.4, -0.2) is 44.2 Å². The summed E-state index contributed by atoms with van der Waals surface area (Å²) in [6.45, 7) is 5.50. The highest BCUT2D eigenvalue weighted by Gasteiger charge is 2.23. The Labute approximate surface area is 208 Å². The second kappa shape index (κ2) is 12.0. The van der Waals surface area contributed by atoms with Gasteiger partial charge in [-0.1, -0.05) is 30.3 Å². The number of nitrogens with one attached hydrogen (secondary N) is 2. The topological polar surface area (TPSA) is 97.0 Å². The van der Waals surface area contributed by atoms with E-state index in [1.807, 2.05) is 49.6 Å². The molecule has 0 atom stereocenters. The van der Waals surface area contributed by atoms with E-state index in [-0.39, 0.29) is 25.3 Å². The first-order valence-corrected chi connectivity index (χ1v) is 12.1. The van der Waals surface area contributed by atoms with Crippen LogP contribution in [-0.2, 0) is 9.53 Å². The number of ether oxygens (including phenoxy) is 2. The molecule has 35 heavy (non-hydrogen) atoms. The third-order valence-corrected chi connectivity index (χ3v) is 5.81. The van der Waals surface area contributed by atoms with Crippen LogP contribution >= 0.6 is 11.3 Å². The molecule has 1 aromatic heterocycles. The molecule has 0 aliphatic rings. The van der Waals surface area contributed by atoms with E-state index in [1.54, 1.807) is 38.2 Å². The molecule has 2 aromatic carbocycles. The molecule has 0 spiro atoms. The Hall–Kier alpha value is -3.85. The summed E-state index contributed by atoms with van der Waals surface area (Å²) in [4.78, 5) is 38.9. The van der Waals surface area contributed by atoms with Crippen molar-refractivity contribution in [3.05, 3.63) is 65.5 Å². The fraction of sp³-hybridized carbons (Fsp3) is 0.269. The van der Waals surface area contributed by atoms with Crippen LogP contribution in [0.25, 0.3) is 11.1 Å². The summed E-state index contributed by atoms with van der Waals surface area (Å²) in [6, 6.07) is 16.1. The zero-order valence-electron chi connectivity index (χ0n) is 20.2. The predicted molar refractivity (Wildman–Crippen MR) is 138 cm³/mol. The third-order valence-electron chi connectivity index (χ3n) is 4.92. The van der Waals surface area contributed by atoms with Crippen LogP contribution in [0.4, 0.5) is 15.5 Å². The van der Waals surface area contributed by atoms with E-state index in [1.165, 1.54) is 16.2 Å². The predicted octanol–water partition coefficient (Wildman–Crippen LogP) is 5.16. The lowest BCUT2D eigenvalue weighted by atomic mass is 10.0. The molecule has 0 aliphatic carbocycles. The molecule has 2 N–H and O–H groups in total. The van der Waals surface area contributed by atoms with Crippen molar-refractivity contribution in [2.45, 2.75) is 26.8 Å². The van der Waals surface area contributed by atoms with E-state index in [4.69, 9.17) is 9.47 Å². The van der Waals surface area contributed by atoms with Crippen molar-refractivity contribution in [1.29, 1.82) is 0 Å². The number of benzene rings is 2. The molecule has 3 aromatic rings. The largest absolute Gasteiger partial charge is 0.484 e. The Kier molecular flexibility index (Phi) is 8.86. The van der Waals surface area contributed by atoms with Crippen LogP contribution in [0.3, 0.4) is 0 Å². The smallest absolute Gasteiger partial charge is 0.341 e. The van der Waals surface area contributed by atoms with E-state index in [9.17, 15) is 14.4 Å². The lowest BCUT2D eigenvalue weighted by Crippen LogP contribution is -2.40. The van der Waals surface area contributed by atoms with Gasteiger partial charge >= 0.3 is 12.0 Å². The lowest BCUT2D eigenvalue weighted by Gasteiger charge is -2.20. The Morgan fingerprint density at radius 1 is 1.03 bits per heavy atom. The zero-order chi connectivity index (χ0) is 25.4. The maximum absolute atomic E-state index is 12.6. The van der Waals surface area contributed by atoms with Gasteiger partial charge in [-0.3, -0.25) is 9.69 Å². The number of anilines is 2. The van der Waals surface area contributed by atoms with Gasteiger partial charge in [0.2, 0.25) is 0 Å².